The molecule has 2 N–H and O–H groups in total. The molecule has 0 aliphatic heterocycles. The van der Waals surface area contributed by atoms with Crippen LogP contribution < -0.4 is 5.73 Å². The lowest BCUT2D eigenvalue weighted by molar-refractivity contribution is 0.525. The van der Waals surface area contributed by atoms with Crippen LogP contribution in [0, 0.1) is 18.7 Å². The Labute approximate surface area is 117 Å². The molecule has 6 heteroatoms. The lowest BCUT2D eigenvalue weighted by Crippen LogP contribution is -2.05. The van der Waals surface area contributed by atoms with Crippen molar-refractivity contribution in [3.05, 3.63) is 23.5 Å². The van der Waals surface area contributed by atoms with Crippen molar-refractivity contribution in [2.75, 3.05) is 5.73 Å². The number of hydrogen-bond acceptors (Lipinski definition) is 4. The lowest BCUT2D eigenvalue weighted by Gasteiger charge is -2.08. The molecule has 1 heterocycles. The van der Waals surface area contributed by atoms with Crippen LogP contribution in [0.2, 0.25) is 0 Å². The van der Waals surface area contributed by atoms with Crippen molar-refractivity contribution in [3.63, 3.8) is 0 Å². The number of nitrogens with two attached hydrogens (primary N) is 1. The van der Waals surface area contributed by atoms with Gasteiger partial charge in [0.1, 0.15) is 5.82 Å². The van der Waals surface area contributed by atoms with Gasteiger partial charge in [-0.1, -0.05) is 12.8 Å². The molecule has 0 atom stereocenters. The number of tetrazole rings is 1. The van der Waals surface area contributed by atoms with Crippen LogP contribution in [0.15, 0.2) is 12.1 Å². The van der Waals surface area contributed by atoms with Gasteiger partial charge < -0.3 is 5.73 Å². The zero-order valence-corrected chi connectivity index (χ0v) is 11.5. The van der Waals surface area contributed by atoms with Crippen molar-refractivity contribution < 1.29 is 4.39 Å². The number of aromatic nitrogens is 4. The first-order chi connectivity index (χ1) is 9.65. The second-order valence-electron chi connectivity index (χ2n) is 5.51. The highest BCUT2D eigenvalue weighted by Crippen LogP contribution is 2.33. The third kappa shape index (κ3) is 2.64. The van der Waals surface area contributed by atoms with E-state index in [1.165, 1.54) is 19.3 Å². The van der Waals surface area contributed by atoms with Crippen LogP contribution in [-0.4, -0.2) is 20.2 Å². The third-order valence-corrected chi connectivity index (χ3v) is 3.73. The number of halogens is 1. The van der Waals surface area contributed by atoms with E-state index in [0.29, 0.717) is 29.2 Å². The van der Waals surface area contributed by atoms with Gasteiger partial charge in [0.05, 0.1) is 5.56 Å². The lowest BCUT2D eigenvalue weighted by atomic mass is 10.1. The normalized spacial score (nSPS) is 14.7. The molecule has 0 bridgehead atoms. The Balaban J connectivity index is 1.84. The fourth-order valence-corrected chi connectivity index (χ4v) is 2.44. The van der Waals surface area contributed by atoms with Gasteiger partial charge in [-0.15, -0.1) is 5.10 Å². The molecule has 1 aliphatic carbocycles. The van der Waals surface area contributed by atoms with Crippen LogP contribution in [0.1, 0.15) is 31.2 Å². The summed E-state index contributed by atoms with van der Waals surface area (Å²) < 4.78 is 15.9. The first kappa shape index (κ1) is 13.0. The summed E-state index contributed by atoms with van der Waals surface area (Å²) in [6.45, 7) is 2.41. The predicted octanol–water partition coefficient (Wildman–Crippen LogP) is 2.56. The highest BCUT2D eigenvalue weighted by molar-refractivity contribution is 5.63. The quantitative estimate of drug-likeness (QED) is 0.851. The van der Waals surface area contributed by atoms with Gasteiger partial charge in [0.2, 0.25) is 0 Å². The molecule has 0 spiro atoms. The van der Waals surface area contributed by atoms with Crippen molar-refractivity contribution in [3.8, 4) is 11.4 Å². The monoisotopic (exact) mass is 275 g/mol. The van der Waals surface area contributed by atoms with Crippen molar-refractivity contribution in [2.45, 2.75) is 39.2 Å². The summed E-state index contributed by atoms with van der Waals surface area (Å²) in [7, 11) is 0. The number of hydrogen-bond donors (Lipinski definition) is 1. The molecular weight excluding hydrogens is 257 g/mol. The summed E-state index contributed by atoms with van der Waals surface area (Å²) >= 11 is 0. The van der Waals surface area contributed by atoms with Crippen LogP contribution in [0.4, 0.5) is 10.1 Å². The number of nitrogens with zero attached hydrogens (tertiary/aromatic N) is 4. The Morgan fingerprint density at radius 1 is 1.40 bits per heavy atom. The molecule has 2 aromatic rings. The minimum atomic E-state index is -0.308. The van der Waals surface area contributed by atoms with Gasteiger partial charge >= 0.3 is 0 Å². The summed E-state index contributed by atoms with van der Waals surface area (Å²) in [5, 5.41) is 11.6. The maximum Gasteiger partial charge on any atom is 0.185 e. The number of benzene rings is 1. The van der Waals surface area contributed by atoms with Gasteiger partial charge in [0.25, 0.3) is 0 Å². The first-order valence-corrected chi connectivity index (χ1v) is 6.97. The van der Waals surface area contributed by atoms with E-state index in [-0.39, 0.29) is 5.82 Å². The van der Waals surface area contributed by atoms with E-state index < -0.39 is 0 Å². The topological polar surface area (TPSA) is 69.6 Å². The van der Waals surface area contributed by atoms with E-state index in [1.54, 1.807) is 23.7 Å². The summed E-state index contributed by atoms with van der Waals surface area (Å²) in [5.74, 6) is 1.02. The number of nitrogen functional groups attached to an aromatic ring is 1. The Morgan fingerprint density at radius 3 is 2.95 bits per heavy atom. The fourth-order valence-electron chi connectivity index (χ4n) is 2.44. The standard InChI is InChI=1S/C14H18FN5/c1-9-7-11(16)8-12(13(9)15)14-17-18-19-20(14)6-2-3-10-4-5-10/h7-8,10H,2-6,16H2,1H3. The van der Waals surface area contributed by atoms with Crippen molar-refractivity contribution in [1.29, 1.82) is 0 Å². The van der Waals surface area contributed by atoms with E-state index >= 15 is 0 Å². The second kappa shape index (κ2) is 5.19. The summed E-state index contributed by atoms with van der Waals surface area (Å²) in [6.07, 6.45) is 4.89. The largest absolute Gasteiger partial charge is 0.399 e. The SMILES string of the molecule is Cc1cc(N)cc(-c2nnnn2CCCC2CC2)c1F. The number of anilines is 1. The molecule has 0 saturated heterocycles. The molecule has 1 saturated carbocycles. The summed E-state index contributed by atoms with van der Waals surface area (Å²) in [5.41, 5.74) is 7.19. The minimum Gasteiger partial charge on any atom is -0.399 e. The Kier molecular flexibility index (Phi) is 3.38. The minimum absolute atomic E-state index is 0.308. The second-order valence-corrected chi connectivity index (χ2v) is 5.51. The number of aryl methyl sites for hydroxylation is 2. The van der Waals surface area contributed by atoms with E-state index in [1.807, 2.05) is 0 Å². The maximum absolute atomic E-state index is 14.2. The number of rotatable bonds is 5. The van der Waals surface area contributed by atoms with Crippen molar-refractivity contribution in [1.82, 2.24) is 20.2 Å². The Hall–Kier alpha value is -1.98. The van der Waals surface area contributed by atoms with Gasteiger partial charge in [-0.2, -0.15) is 0 Å². The van der Waals surface area contributed by atoms with Gasteiger partial charge in [0, 0.05) is 12.2 Å². The summed E-state index contributed by atoms with van der Waals surface area (Å²) in [6, 6.07) is 3.20. The first-order valence-electron chi connectivity index (χ1n) is 6.97. The van der Waals surface area contributed by atoms with Gasteiger partial charge in [-0.05, 0) is 53.8 Å². The van der Waals surface area contributed by atoms with Crippen LogP contribution in [0.5, 0.6) is 0 Å². The van der Waals surface area contributed by atoms with E-state index in [0.717, 1.165) is 12.3 Å². The summed E-state index contributed by atoms with van der Waals surface area (Å²) in [4.78, 5) is 0. The molecule has 1 aromatic carbocycles. The molecule has 1 fully saturated rings. The molecule has 20 heavy (non-hydrogen) atoms. The predicted molar refractivity (Wildman–Crippen MR) is 74.3 cm³/mol. The molecule has 1 aliphatic rings. The highest BCUT2D eigenvalue weighted by atomic mass is 19.1. The van der Waals surface area contributed by atoms with Gasteiger partial charge in [0.15, 0.2) is 5.82 Å². The van der Waals surface area contributed by atoms with Crippen LogP contribution in [0.25, 0.3) is 11.4 Å². The third-order valence-electron chi connectivity index (χ3n) is 3.73. The molecule has 0 radical (unpaired) electrons. The smallest absolute Gasteiger partial charge is 0.185 e. The van der Waals surface area contributed by atoms with Crippen LogP contribution in [0.3, 0.4) is 0 Å². The van der Waals surface area contributed by atoms with Crippen molar-refractivity contribution >= 4 is 5.69 Å². The average Bonchev–Trinajstić information content (AvgIpc) is 3.11. The van der Waals surface area contributed by atoms with Gasteiger partial charge in [-0.25, -0.2) is 9.07 Å². The van der Waals surface area contributed by atoms with E-state index in [4.69, 9.17) is 5.73 Å². The van der Waals surface area contributed by atoms with E-state index in [9.17, 15) is 4.39 Å². The van der Waals surface area contributed by atoms with E-state index in [2.05, 4.69) is 15.5 Å². The molecule has 3 rings (SSSR count). The average molecular weight is 275 g/mol. The van der Waals surface area contributed by atoms with Crippen molar-refractivity contribution in [2.24, 2.45) is 5.92 Å². The molecule has 0 unspecified atom stereocenters. The molecule has 5 nitrogen and oxygen atoms in total. The van der Waals surface area contributed by atoms with Crippen LogP contribution >= 0.6 is 0 Å². The highest BCUT2D eigenvalue weighted by Gasteiger charge is 2.21. The molecule has 106 valence electrons. The molecule has 1 aromatic heterocycles. The zero-order valence-electron chi connectivity index (χ0n) is 11.5. The molecular formula is C14H18FN5. The fraction of sp³-hybridized carbons (Fsp3) is 0.500. The zero-order chi connectivity index (χ0) is 14.1. The Morgan fingerprint density at radius 2 is 2.20 bits per heavy atom. The molecule has 0 amide bonds. The van der Waals surface area contributed by atoms with Gasteiger partial charge in [-0.3, -0.25) is 0 Å². The maximum atomic E-state index is 14.2. The Bertz CT molecular complexity index is 618. The van der Waals surface area contributed by atoms with Crippen LogP contribution in [-0.2, 0) is 6.54 Å².